The number of imide groups is 1. The van der Waals surface area contributed by atoms with Crippen LogP contribution in [0.25, 0.3) is 0 Å². The number of rotatable bonds is 1. The van der Waals surface area contributed by atoms with Crippen molar-refractivity contribution < 1.29 is 9.59 Å². The van der Waals surface area contributed by atoms with Crippen LogP contribution in [0.5, 0.6) is 0 Å². The molecular formula is C18H17ClN2O2S. The number of nitrogens with zero attached hydrogens (tertiary/aromatic N) is 2. The van der Waals surface area contributed by atoms with Crippen LogP contribution in [-0.4, -0.2) is 11.8 Å². The number of allylic oxidation sites excluding steroid dienone is 2. The van der Waals surface area contributed by atoms with Crippen molar-refractivity contribution in [1.29, 1.82) is 5.26 Å². The molecule has 2 amide bonds. The normalized spacial score (nSPS) is 26.5. The molecule has 1 fully saturated rings. The Balaban J connectivity index is 1.76. The first-order chi connectivity index (χ1) is 11.6. The minimum Gasteiger partial charge on any atom is -0.274 e. The molecule has 2 heterocycles. The van der Waals surface area contributed by atoms with Gasteiger partial charge in [0, 0.05) is 9.91 Å². The van der Waals surface area contributed by atoms with Crippen LogP contribution in [-0.2, 0) is 22.4 Å². The van der Waals surface area contributed by atoms with Crippen LogP contribution in [0.15, 0.2) is 11.1 Å². The number of aryl methyl sites for hydroxylation is 1. The summed E-state index contributed by atoms with van der Waals surface area (Å²) in [6, 6.07) is 2.26. The topological polar surface area (TPSA) is 61.2 Å². The first-order valence-electron chi connectivity index (χ1n) is 8.38. The summed E-state index contributed by atoms with van der Waals surface area (Å²) in [6.07, 6.45) is 7.91. The molecule has 6 heteroatoms. The van der Waals surface area contributed by atoms with E-state index in [2.05, 4.69) is 6.07 Å². The summed E-state index contributed by atoms with van der Waals surface area (Å²) in [5.74, 6) is -1.06. The Hall–Kier alpha value is -1.64. The van der Waals surface area contributed by atoms with E-state index in [4.69, 9.17) is 11.6 Å². The van der Waals surface area contributed by atoms with Crippen molar-refractivity contribution in [3.63, 3.8) is 0 Å². The second-order valence-electron chi connectivity index (χ2n) is 6.67. The first-order valence-corrected chi connectivity index (χ1v) is 9.58. The average molecular weight is 361 g/mol. The van der Waals surface area contributed by atoms with E-state index in [1.165, 1.54) is 21.1 Å². The zero-order chi connectivity index (χ0) is 16.8. The van der Waals surface area contributed by atoms with Gasteiger partial charge in [-0.05, 0) is 44.1 Å². The quantitative estimate of drug-likeness (QED) is 0.563. The van der Waals surface area contributed by atoms with Gasteiger partial charge in [0.25, 0.3) is 0 Å². The van der Waals surface area contributed by atoms with Gasteiger partial charge in [-0.25, -0.2) is 4.90 Å². The molecule has 1 aromatic rings. The number of anilines is 1. The van der Waals surface area contributed by atoms with E-state index in [0.717, 1.165) is 37.7 Å². The fourth-order valence-electron chi connectivity index (χ4n) is 4.03. The van der Waals surface area contributed by atoms with Crippen molar-refractivity contribution in [3.05, 3.63) is 27.1 Å². The molecule has 1 aromatic heterocycles. The van der Waals surface area contributed by atoms with Crippen LogP contribution in [0, 0.1) is 23.2 Å². The van der Waals surface area contributed by atoms with Crippen molar-refractivity contribution in [2.24, 2.45) is 11.8 Å². The molecule has 0 spiro atoms. The largest absolute Gasteiger partial charge is 0.274 e. The van der Waals surface area contributed by atoms with Gasteiger partial charge in [-0.2, -0.15) is 5.26 Å². The van der Waals surface area contributed by atoms with Gasteiger partial charge in [0.2, 0.25) is 11.8 Å². The maximum atomic E-state index is 12.9. The lowest BCUT2D eigenvalue weighted by molar-refractivity contribution is -0.122. The van der Waals surface area contributed by atoms with Gasteiger partial charge in [-0.3, -0.25) is 9.59 Å². The number of hydrogen-bond acceptors (Lipinski definition) is 4. The first kappa shape index (κ1) is 15.9. The molecular weight excluding hydrogens is 344 g/mol. The molecule has 2 atom stereocenters. The molecule has 0 radical (unpaired) electrons. The Labute approximate surface area is 149 Å². The van der Waals surface area contributed by atoms with E-state index in [1.54, 1.807) is 0 Å². The Morgan fingerprint density at radius 2 is 1.92 bits per heavy atom. The smallest absolute Gasteiger partial charge is 0.238 e. The summed E-state index contributed by atoms with van der Waals surface area (Å²) < 4.78 is 0. The molecule has 4 rings (SSSR count). The van der Waals surface area contributed by atoms with E-state index in [0.29, 0.717) is 28.4 Å². The molecule has 3 aliphatic rings. The second kappa shape index (κ2) is 6.02. The van der Waals surface area contributed by atoms with Crippen molar-refractivity contribution in [1.82, 2.24) is 0 Å². The lowest BCUT2D eigenvalue weighted by atomic mass is 9.85. The van der Waals surface area contributed by atoms with Gasteiger partial charge >= 0.3 is 0 Å². The molecule has 0 bridgehead atoms. The van der Waals surface area contributed by atoms with Crippen molar-refractivity contribution in [3.8, 4) is 6.07 Å². The van der Waals surface area contributed by atoms with Crippen LogP contribution < -0.4 is 4.90 Å². The van der Waals surface area contributed by atoms with Crippen LogP contribution in [0.2, 0.25) is 0 Å². The van der Waals surface area contributed by atoms with Crippen molar-refractivity contribution in [2.45, 2.75) is 44.9 Å². The monoisotopic (exact) mass is 360 g/mol. The minimum atomic E-state index is -0.372. The highest BCUT2D eigenvalue weighted by Gasteiger charge is 2.50. The Morgan fingerprint density at radius 1 is 1.17 bits per heavy atom. The van der Waals surface area contributed by atoms with E-state index >= 15 is 0 Å². The summed E-state index contributed by atoms with van der Waals surface area (Å²) in [6.45, 7) is 0. The Morgan fingerprint density at radius 3 is 2.71 bits per heavy atom. The summed E-state index contributed by atoms with van der Waals surface area (Å²) in [4.78, 5) is 28.2. The second-order valence-corrected chi connectivity index (χ2v) is 8.24. The third kappa shape index (κ3) is 2.32. The molecule has 24 heavy (non-hydrogen) atoms. The average Bonchev–Trinajstić information content (AvgIpc) is 2.90. The molecule has 1 saturated heterocycles. The van der Waals surface area contributed by atoms with Crippen LogP contribution in [0.3, 0.4) is 0 Å². The van der Waals surface area contributed by atoms with Gasteiger partial charge in [0.15, 0.2) is 0 Å². The molecule has 0 N–H and O–H groups in total. The number of nitriles is 1. The summed E-state index contributed by atoms with van der Waals surface area (Å²) >= 11 is 7.54. The Kier molecular flexibility index (Phi) is 3.98. The summed E-state index contributed by atoms with van der Waals surface area (Å²) in [7, 11) is 0. The highest BCUT2D eigenvalue weighted by molar-refractivity contribution is 7.17. The molecule has 4 nitrogen and oxygen atoms in total. The predicted octanol–water partition coefficient (Wildman–Crippen LogP) is 3.91. The molecule has 1 aliphatic heterocycles. The predicted molar refractivity (Wildman–Crippen MR) is 92.9 cm³/mol. The molecule has 0 aromatic carbocycles. The van der Waals surface area contributed by atoms with E-state index < -0.39 is 0 Å². The highest BCUT2D eigenvalue weighted by atomic mass is 35.5. The lowest BCUT2D eigenvalue weighted by Gasteiger charge is -2.17. The fourth-order valence-corrected chi connectivity index (χ4v) is 5.63. The summed E-state index contributed by atoms with van der Waals surface area (Å²) in [5, 5.41) is 10.9. The third-order valence-electron chi connectivity index (χ3n) is 5.29. The molecule has 2 aliphatic carbocycles. The number of hydrogen-bond donors (Lipinski definition) is 0. The van der Waals surface area contributed by atoms with E-state index in [-0.39, 0.29) is 23.7 Å². The van der Waals surface area contributed by atoms with Crippen LogP contribution >= 0.6 is 22.9 Å². The van der Waals surface area contributed by atoms with Crippen LogP contribution in [0.4, 0.5) is 5.00 Å². The SMILES string of the molecule is N#Cc1c(N2C(=O)[C@@H]3CC=C(Cl)C[C@H]3C2=O)sc2c1CCCCC2. The standard InChI is InChI=1S/C18H17ClN2O2S/c19-10-6-7-12-13(8-10)17(23)21(16(12)22)18-14(9-20)11-4-2-1-3-5-15(11)24-18/h6,12-13H,1-5,7-8H2/t12-,13-/m1/s1. The van der Waals surface area contributed by atoms with Gasteiger partial charge in [0.05, 0.1) is 17.4 Å². The van der Waals surface area contributed by atoms with Gasteiger partial charge in [-0.15, -0.1) is 11.3 Å². The minimum absolute atomic E-state index is 0.168. The molecule has 0 unspecified atom stereocenters. The van der Waals surface area contributed by atoms with Gasteiger partial charge in [0.1, 0.15) is 11.1 Å². The molecule has 124 valence electrons. The number of carbonyl (C=O) groups is 2. The highest BCUT2D eigenvalue weighted by Crippen LogP contribution is 2.46. The Bertz CT molecular complexity index is 805. The number of halogens is 1. The third-order valence-corrected chi connectivity index (χ3v) is 6.87. The number of fused-ring (bicyclic) bond motifs is 2. The van der Waals surface area contributed by atoms with E-state index in [1.807, 2.05) is 6.08 Å². The van der Waals surface area contributed by atoms with Crippen LogP contribution in [0.1, 0.15) is 48.1 Å². The summed E-state index contributed by atoms with van der Waals surface area (Å²) in [5.41, 5.74) is 1.60. The zero-order valence-corrected chi connectivity index (χ0v) is 14.8. The molecule has 0 saturated carbocycles. The lowest BCUT2D eigenvalue weighted by Crippen LogP contribution is -2.30. The fraction of sp³-hybridized carbons (Fsp3) is 0.500. The number of carbonyl (C=O) groups excluding carboxylic acids is 2. The zero-order valence-electron chi connectivity index (χ0n) is 13.2. The van der Waals surface area contributed by atoms with Crippen molar-refractivity contribution >= 4 is 39.8 Å². The number of thiophene rings is 1. The maximum absolute atomic E-state index is 12.9. The van der Waals surface area contributed by atoms with Gasteiger partial charge < -0.3 is 0 Å². The maximum Gasteiger partial charge on any atom is 0.238 e. The van der Waals surface area contributed by atoms with Gasteiger partial charge in [-0.1, -0.05) is 24.1 Å². The van der Waals surface area contributed by atoms with Crippen molar-refractivity contribution in [2.75, 3.05) is 4.90 Å². The van der Waals surface area contributed by atoms with E-state index in [9.17, 15) is 14.9 Å². The number of amides is 2.